The van der Waals surface area contributed by atoms with Crippen LogP contribution in [-0.4, -0.2) is 11.6 Å². The van der Waals surface area contributed by atoms with Crippen LogP contribution < -0.4 is 0 Å². The molecule has 1 aromatic carbocycles. The van der Waals surface area contributed by atoms with Crippen molar-refractivity contribution in [3.8, 4) is 0 Å². The molecular formula is C17H16O2. The van der Waals surface area contributed by atoms with Crippen LogP contribution in [0, 0.1) is 5.92 Å². The van der Waals surface area contributed by atoms with E-state index in [1.165, 1.54) is 0 Å². The molecule has 0 radical (unpaired) electrons. The summed E-state index contributed by atoms with van der Waals surface area (Å²) < 4.78 is 0. The highest BCUT2D eigenvalue weighted by Gasteiger charge is 2.36. The lowest BCUT2D eigenvalue weighted by atomic mass is 9.71. The molecule has 0 heterocycles. The highest BCUT2D eigenvalue weighted by molar-refractivity contribution is 6.27. The van der Waals surface area contributed by atoms with Gasteiger partial charge in [-0.05, 0) is 31.6 Å². The largest absolute Gasteiger partial charge is 0.289 e. The number of benzene rings is 1. The average Bonchev–Trinajstić information content (AvgIpc) is 2.45. The third kappa shape index (κ3) is 1.79. The summed E-state index contributed by atoms with van der Waals surface area (Å²) in [6, 6.07) is 7.16. The molecule has 0 bridgehead atoms. The van der Waals surface area contributed by atoms with Crippen molar-refractivity contribution in [2.45, 2.75) is 25.7 Å². The molecule has 1 atom stereocenters. The van der Waals surface area contributed by atoms with Crippen molar-refractivity contribution >= 4 is 11.6 Å². The standard InChI is InChI=1S/C17H16O2/c1-2-6-11-7-5-10-14-15(11)17(19)13-9-4-3-8-12(13)16(14)18/h2-4,8-9,11H,1,5-7,10H2. The van der Waals surface area contributed by atoms with Gasteiger partial charge in [0, 0.05) is 22.3 Å². The fraction of sp³-hybridized carbons (Fsp3) is 0.294. The van der Waals surface area contributed by atoms with E-state index in [0.717, 1.165) is 36.8 Å². The van der Waals surface area contributed by atoms with E-state index in [1.54, 1.807) is 12.1 Å². The smallest absolute Gasteiger partial charge is 0.190 e. The number of hydrogen-bond donors (Lipinski definition) is 0. The molecule has 0 spiro atoms. The number of rotatable bonds is 2. The Labute approximate surface area is 112 Å². The van der Waals surface area contributed by atoms with Crippen LogP contribution in [0.4, 0.5) is 0 Å². The monoisotopic (exact) mass is 252 g/mol. The van der Waals surface area contributed by atoms with Crippen LogP contribution in [-0.2, 0) is 0 Å². The van der Waals surface area contributed by atoms with Crippen molar-refractivity contribution in [3.63, 3.8) is 0 Å². The number of Topliss-reactive ketones (excluding diaryl/α,β-unsaturated/α-hetero) is 2. The first kappa shape index (κ1) is 12.1. The molecule has 1 unspecified atom stereocenters. The van der Waals surface area contributed by atoms with Crippen molar-refractivity contribution in [1.29, 1.82) is 0 Å². The molecule has 2 nitrogen and oxygen atoms in total. The minimum atomic E-state index is 0.0525. The molecule has 0 fully saturated rings. The number of carbonyl (C=O) groups excluding carboxylic acids is 2. The molecule has 0 saturated heterocycles. The Bertz CT molecular complexity index is 607. The Morgan fingerprint density at radius 2 is 1.84 bits per heavy atom. The fourth-order valence-electron chi connectivity index (χ4n) is 3.23. The summed E-state index contributed by atoms with van der Waals surface area (Å²) in [6.07, 6.45) is 5.32. The van der Waals surface area contributed by atoms with Crippen LogP contribution in [0.15, 0.2) is 48.1 Å². The molecule has 0 aliphatic heterocycles. The molecule has 2 aliphatic rings. The normalized spacial score (nSPS) is 22.0. The first-order valence-corrected chi connectivity index (χ1v) is 6.76. The van der Waals surface area contributed by atoms with Crippen LogP contribution >= 0.6 is 0 Å². The maximum absolute atomic E-state index is 12.6. The predicted octanol–water partition coefficient (Wildman–Crippen LogP) is 3.74. The summed E-state index contributed by atoms with van der Waals surface area (Å²) in [4.78, 5) is 25.1. The van der Waals surface area contributed by atoms with Gasteiger partial charge in [-0.3, -0.25) is 9.59 Å². The van der Waals surface area contributed by atoms with Gasteiger partial charge in [-0.15, -0.1) is 6.58 Å². The fourth-order valence-corrected chi connectivity index (χ4v) is 3.23. The average molecular weight is 252 g/mol. The van der Waals surface area contributed by atoms with Crippen LogP contribution in [0.5, 0.6) is 0 Å². The van der Waals surface area contributed by atoms with E-state index in [4.69, 9.17) is 0 Å². The first-order chi connectivity index (χ1) is 9.24. The van der Waals surface area contributed by atoms with E-state index >= 15 is 0 Å². The van der Waals surface area contributed by atoms with Crippen LogP contribution in [0.3, 0.4) is 0 Å². The lowest BCUT2D eigenvalue weighted by Gasteiger charge is -2.30. The molecule has 0 N–H and O–H groups in total. The maximum Gasteiger partial charge on any atom is 0.190 e. The van der Waals surface area contributed by atoms with E-state index < -0.39 is 0 Å². The number of ketones is 2. The SMILES string of the molecule is C=CCC1CCCC2=C1C(=O)c1ccccc1C2=O. The predicted molar refractivity (Wildman–Crippen MR) is 74.3 cm³/mol. The van der Waals surface area contributed by atoms with E-state index in [0.29, 0.717) is 11.1 Å². The Hall–Kier alpha value is -1.96. The molecule has 1 aromatic rings. The number of hydrogen-bond acceptors (Lipinski definition) is 2. The second kappa shape index (κ2) is 4.61. The van der Waals surface area contributed by atoms with Gasteiger partial charge in [-0.2, -0.15) is 0 Å². The molecule has 0 amide bonds. The van der Waals surface area contributed by atoms with Gasteiger partial charge in [0.1, 0.15) is 0 Å². The van der Waals surface area contributed by atoms with Gasteiger partial charge in [0.05, 0.1) is 0 Å². The lowest BCUT2D eigenvalue weighted by Crippen LogP contribution is -2.28. The first-order valence-electron chi connectivity index (χ1n) is 6.76. The number of carbonyl (C=O) groups is 2. The van der Waals surface area contributed by atoms with Crippen molar-refractivity contribution < 1.29 is 9.59 Å². The second-order valence-electron chi connectivity index (χ2n) is 5.21. The third-order valence-electron chi connectivity index (χ3n) is 4.10. The molecule has 2 heteroatoms. The minimum absolute atomic E-state index is 0.0525. The highest BCUT2D eigenvalue weighted by Crippen LogP contribution is 2.39. The molecule has 3 rings (SSSR count). The van der Waals surface area contributed by atoms with Gasteiger partial charge in [-0.1, -0.05) is 30.3 Å². The zero-order valence-corrected chi connectivity index (χ0v) is 10.8. The summed E-state index contributed by atoms with van der Waals surface area (Å²) in [5.41, 5.74) is 2.66. The van der Waals surface area contributed by atoms with Crippen molar-refractivity contribution in [2.75, 3.05) is 0 Å². The molecular weight excluding hydrogens is 236 g/mol. The summed E-state index contributed by atoms with van der Waals surface area (Å²) in [7, 11) is 0. The molecule has 19 heavy (non-hydrogen) atoms. The van der Waals surface area contributed by atoms with Gasteiger partial charge in [0.15, 0.2) is 11.6 Å². The van der Waals surface area contributed by atoms with E-state index in [2.05, 4.69) is 6.58 Å². The maximum atomic E-state index is 12.6. The van der Waals surface area contributed by atoms with Gasteiger partial charge in [-0.25, -0.2) is 0 Å². The number of fused-ring (bicyclic) bond motifs is 1. The Morgan fingerprint density at radius 3 is 2.53 bits per heavy atom. The zero-order valence-electron chi connectivity index (χ0n) is 10.8. The van der Waals surface area contributed by atoms with Gasteiger partial charge >= 0.3 is 0 Å². The van der Waals surface area contributed by atoms with Crippen molar-refractivity contribution in [1.82, 2.24) is 0 Å². The Balaban J connectivity index is 2.15. The molecule has 0 aromatic heterocycles. The van der Waals surface area contributed by atoms with Crippen LogP contribution in [0.2, 0.25) is 0 Å². The van der Waals surface area contributed by atoms with E-state index in [-0.39, 0.29) is 17.5 Å². The third-order valence-corrected chi connectivity index (χ3v) is 4.10. The Morgan fingerprint density at radius 1 is 1.16 bits per heavy atom. The second-order valence-corrected chi connectivity index (χ2v) is 5.21. The Kier molecular flexibility index (Phi) is 2.94. The highest BCUT2D eigenvalue weighted by atomic mass is 16.1. The zero-order chi connectivity index (χ0) is 13.4. The molecule has 96 valence electrons. The lowest BCUT2D eigenvalue weighted by molar-refractivity contribution is 0.0955. The minimum Gasteiger partial charge on any atom is -0.289 e. The number of allylic oxidation sites excluding steroid dienone is 3. The molecule has 0 saturated carbocycles. The van der Waals surface area contributed by atoms with E-state index in [1.807, 2.05) is 18.2 Å². The van der Waals surface area contributed by atoms with Crippen LogP contribution in [0.1, 0.15) is 46.4 Å². The van der Waals surface area contributed by atoms with E-state index in [9.17, 15) is 9.59 Å². The summed E-state index contributed by atoms with van der Waals surface area (Å²) in [5.74, 6) is 0.279. The molecule has 2 aliphatic carbocycles. The van der Waals surface area contributed by atoms with Crippen molar-refractivity contribution in [2.24, 2.45) is 5.92 Å². The van der Waals surface area contributed by atoms with Gasteiger partial charge in [0.2, 0.25) is 0 Å². The van der Waals surface area contributed by atoms with Crippen LogP contribution in [0.25, 0.3) is 0 Å². The van der Waals surface area contributed by atoms with Gasteiger partial charge in [0.25, 0.3) is 0 Å². The topological polar surface area (TPSA) is 34.1 Å². The summed E-state index contributed by atoms with van der Waals surface area (Å²) in [5, 5.41) is 0. The summed E-state index contributed by atoms with van der Waals surface area (Å²) in [6.45, 7) is 3.76. The quantitative estimate of drug-likeness (QED) is 0.751. The summed E-state index contributed by atoms with van der Waals surface area (Å²) >= 11 is 0. The van der Waals surface area contributed by atoms with Gasteiger partial charge < -0.3 is 0 Å². The van der Waals surface area contributed by atoms with Crippen molar-refractivity contribution in [3.05, 3.63) is 59.2 Å².